The minimum Gasteiger partial charge on any atom is -0.337 e. The van der Waals surface area contributed by atoms with Crippen molar-refractivity contribution in [1.29, 1.82) is 0 Å². The Morgan fingerprint density at radius 2 is 1.71 bits per heavy atom. The maximum atomic E-state index is 13.1. The number of benzene rings is 2. The second-order valence-electron chi connectivity index (χ2n) is 8.57. The lowest BCUT2D eigenvalue weighted by Crippen LogP contribution is -2.44. The first kappa shape index (κ1) is 23.9. The van der Waals surface area contributed by atoms with Crippen LogP contribution in [0.4, 0.5) is 5.69 Å². The molecule has 2 aromatic rings. The van der Waals surface area contributed by atoms with Gasteiger partial charge in [0.15, 0.2) is 0 Å². The summed E-state index contributed by atoms with van der Waals surface area (Å²) in [5, 5.41) is 0.426. The van der Waals surface area contributed by atoms with Crippen LogP contribution in [-0.2, 0) is 10.0 Å². The fourth-order valence-electron chi connectivity index (χ4n) is 3.55. The summed E-state index contributed by atoms with van der Waals surface area (Å²) in [5.74, 6) is -0.105. The Bertz CT molecular complexity index is 1070. The molecule has 1 N–H and O–H groups in total. The Labute approximate surface area is 194 Å². The van der Waals surface area contributed by atoms with E-state index < -0.39 is 10.0 Å². The van der Waals surface area contributed by atoms with Crippen LogP contribution in [0.15, 0.2) is 47.4 Å². The third-order valence-electron chi connectivity index (χ3n) is 5.29. The number of anilines is 1. The third-order valence-corrected chi connectivity index (χ3v) is 7.41. The van der Waals surface area contributed by atoms with Crippen molar-refractivity contribution in [3.8, 4) is 0 Å². The topological polar surface area (TPSA) is 69.7 Å². The Balaban J connectivity index is 1.75. The first-order valence-corrected chi connectivity index (χ1v) is 12.3. The van der Waals surface area contributed by atoms with E-state index in [1.165, 1.54) is 18.2 Å². The quantitative estimate of drug-likeness (QED) is 0.681. The van der Waals surface area contributed by atoms with E-state index in [4.69, 9.17) is 23.2 Å². The van der Waals surface area contributed by atoms with E-state index in [1.807, 2.05) is 4.90 Å². The molecular weight excluding hydrogens is 457 g/mol. The minimum atomic E-state index is -3.87. The fraction of sp³-hybridized carbons (Fsp3) is 0.409. The molecule has 9 heteroatoms. The van der Waals surface area contributed by atoms with Gasteiger partial charge in [-0.15, -0.1) is 0 Å². The van der Waals surface area contributed by atoms with Crippen LogP contribution in [0.2, 0.25) is 10.0 Å². The molecular formula is C22H27Cl2N3O3S. The van der Waals surface area contributed by atoms with Gasteiger partial charge in [0, 0.05) is 43.0 Å². The molecule has 0 atom stereocenters. The number of rotatable bonds is 4. The summed E-state index contributed by atoms with van der Waals surface area (Å²) in [7, 11) is -3.87. The molecule has 0 spiro atoms. The van der Waals surface area contributed by atoms with E-state index in [2.05, 4.69) is 30.4 Å². The lowest BCUT2D eigenvalue weighted by Gasteiger charge is -2.34. The summed E-state index contributed by atoms with van der Waals surface area (Å²) in [6.45, 7) is 9.57. The van der Waals surface area contributed by atoms with Crippen molar-refractivity contribution in [1.82, 2.24) is 9.80 Å². The number of nitrogens with zero attached hydrogens (tertiary/aromatic N) is 2. The molecule has 2 aromatic carbocycles. The number of carbonyl (C=O) groups excluding carboxylic acids is 1. The van der Waals surface area contributed by atoms with Crippen molar-refractivity contribution in [3.63, 3.8) is 0 Å². The molecule has 6 nitrogen and oxygen atoms in total. The van der Waals surface area contributed by atoms with Gasteiger partial charge in [0.2, 0.25) is 0 Å². The number of amides is 1. The lowest BCUT2D eigenvalue weighted by atomic mass is 10.1. The monoisotopic (exact) mass is 483 g/mol. The van der Waals surface area contributed by atoms with Crippen LogP contribution in [0.3, 0.4) is 0 Å². The van der Waals surface area contributed by atoms with Crippen LogP contribution in [0.25, 0.3) is 0 Å². The average Bonchev–Trinajstić information content (AvgIpc) is 2.95. The number of carbonyl (C=O) groups is 1. The molecule has 0 aromatic heterocycles. The summed E-state index contributed by atoms with van der Waals surface area (Å²) >= 11 is 11.8. The van der Waals surface area contributed by atoms with Crippen LogP contribution in [0, 0.1) is 0 Å². The summed E-state index contributed by atoms with van der Waals surface area (Å²) in [6.07, 6.45) is 0.895. The van der Waals surface area contributed by atoms with Crippen molar-refractivity contribution in [2.75, 3.05) is 30.9 Å². The standard InChI is InChI=1S/C22H27Cl2N3O3S/c1-22(2,3)27-11-5-10-26(12-13-27)21(28)16-6-4-7-17(14-16)25-31(29,30)18-8-9-19(23)20(24)15-18/h4,6-9,14-15,25H,5,10-13H2,1-3H3. The smallest absolute Gasteiger partial charge is 0.261 e. The molecule has 0 aliphatic carbocycles. The number of hydrogen-bond acceptors (Lipinski definition) is 4. The van der Waals surface area contributed by atoms with Crippen LogP contribution in [0.1, 0.15) is 37.6 Å². The van der Waals surface area contributed by atoms with Gasteiger partial charge >= 0.3 is 0 Å². The van der Waals surface area contributed by atoms with E-state index >= 15 is 0 Å². The second kappa shape index (κ2) is 9.36. The van der Waals surface area contributed by atoms with E-state index in [9.17, 15) is 13.2 Å². The van der Waals surface area contributed by atoms with E-state index in [-0.39, 0.29) is 26.4 Å². The van der Waals surface area contributed by atoms with Crippen LogP contribution in [0.5, 0.6) is 0 Å². The van der Waals surface area contributed by atoms with E-state index in [0.29, 0.717) is 24.3 Å². The molecule has 1 heterocycles. The molecule has 1 fully saturated rings. The molecule has 3 rings (SSSR count). The van der Waals surface area contributed by atoms with Crippen molar-refractivity contribution in [2.24, 2.45) is 0 Å². The van der Waals surface area contributed by atoms with Gasteiger partial charge in [-0.1, -0.05) is 29.3 Å². The van der Waals surface area contributed by atoms with Crippen LogP contribution < -0.4 is 4.72 Å². The summed E-state index contributed by atoms with van der Waals surface area (Å²) < 4.78 is 27.9. The Kier molecular flexibility index (Phi) is 7.21. The SMILES string of the molecule is CC(C)(C)N1CCCN(C(=O)c2cccc(NS(=O)(=O)c3ccc(Cl)c(Cl)c3)c2)CC1. The predicted molar refractivity (Wildman–Crippen MR) is 126 cm³/mol. The maximum Gasteiger partial charge on any atom is 0.261 e. The highest BCUT2D eigenvalue weighted by molar-refractivity contribution is 7.92. The predicted octanol–water partition coefficient (Wildman–Crippen LogP) is 4.74. The number of halogens is 2. The Morgan fingerprint density at radius 1 is 0.968 bits per heavy atom. The van der Waals surface area contributed by atoms with Gasteiger partial charge in [0.1, 0.15) is 0 Å². The van der Waals surface area contributed by atoms with Crippen molar-refractivity contribution in [2.45, 2.75) is 37.6 Å². The van der Waals surface area contributed by atoms with Crippen molar-refractivity contribution in [3.05, 3.63) is 58.1 Å². The van der Waals surface area contributed by atoms with E-state index in [1.54, 1.807) is 24.3 Å². The maximum absolute atomic E-state index is 13.1. The summed E-state index contributed by atoms with van der Waals surface area (Å²) in [6, 6.07) is 10.6. The normalized spacial score (nSPS) is 16.1. The molecule has 31 heavy (non-hydrogen) atoms. The van der Waals surface area contributed by atoms with E-state index in [0.717, 1.165) is 19.5 Å². The lowest BCUT2D eigenvalue weighted by molar-refractivity contribution is 0.0749. The number of hydrogen-bond donors (Lipinski definition) is 1. The number of nitrogens with one attached hydrogen (secondary N) is 1. The highest BCUT2D eigenvalue weighted by atomic mass is 35.5. The zero-order valence-electron chi connectivity index (χ0n) is 17.9. The first-order valence-electron chi connectivity index (χ1n) is 10.1. The molecule has 0 unspecified atom stereocenters. The highest BCUT2D eigenvalue weighted by Gasteiger charge is 2.26. The molecule has 1 aliphatic rings. The molecule has 0 radical (unpaired) electrons. The van der Waals surface area contributed by atoms with Gasteiger partial charge in [0.25, 0.3) is 15.9 Å². The van der Waals surface area contributed by atoms with Gasteiger partial charge in [-0.25, -0.2) is 8.42 Å². The Morgan fingerprint density at radius 3 is 2.39 bits per heavy atom. The molecule has 1 amide bonds. The molecule has 168 valence electrons. The molecule has 1 aliphatic heterocycles. The average molecular weight is 484 g/mol. The molecule has 0 bridgehead atoms. The third kappa shape index (κ3) is 5.92. The van der Waals surface area contributed by atoms with Gasteiger partial charge in [-0.3, -0.25) is 14.4 Å². The summed E-state index contributed by atoms with van der Waals surface area (Å²) in [4.78, 5) is 17.3. The first-order chi connectivity index (χ1) is 14.5. The second-order valence-corrected chi connectivity index (χ2v) is 11.1. The largest absolute Gasteiger partial charge is 0.337 e. The number of sulfonamides is 1. The molecule has 1 saturated heterocycles. The van der Waals surface area contributed by atoms with Crippen LogP contribution in [-0.4, -0.2) is 55.8 Å². The fourth-order valence-corrected chi connectivity index (χ4v) is 4.99. The molecule has 0 saturated carbocycles. The van der Waals surface area contributed by atoms with Crippen molar-refractivity contribution >= 4 is 44.8 Å². The summed E-state index contributed by atoms with van der Waals surface area (Å²) in [5.41, 5.74) is 0.809. The highest BCUT2D eigenvalue weighted by Crippen LogP contribution is 2.26. The van der Waals surface area contributed by atoms with Crippen molar-refractivity contribution < 1.29 is 13.2 Å². The minimum absolute atomic E-state index is 0.00609. The van der Waals surface area contributed by atoms with Gasteiger partial charge in [-0.2, -0.15) is 0 Å². The van der Waals surface area contributed by atoms with Gasteiger partial charge < -0.3 is 4.90 Å². The van der Waals surface area contributed by atoms with Gasteiger partial charge in [0.05, 0.1) is 14.9 Å². The van der Waals surface area contributed by atoms with Crippen LogP contribution >= 0.6 is 23.2 Å². The zero-order chi connectivity index (χ0) is 22.8. The van der Waals surface area contributed by atoms with Gasteiger partial charge in [-0.05, 0) is 63.6 Å². The Hall–Kier alpha value is -1.80. The zero-order valence-corrected chi connectivity index (χ0v) is 20.2.